The lowest BCUT2D eigenvalue weighted by Crippen LogP contribution is -2.51. The van der Waals surface area contributed by atoms with Gasteiger partial charge in [0.2, 0.25) is 0 Å². The number of ether oxygens (including phenoxy) is 3. The molecule has 4 rings (SSSR count). The van der Waals surface area contributed by atoms with Gasteiger partial charge in [0, 0.05) is 5.02 Å². The first-order valence-corrected chi connectivity index (χ1v) is 13.1. The Morgan fingerprint density at radius 3 is 2.50 bits per heavy atom. The number of rotatable bonds is 8. The van der Waals surface area contributed by atoms with Crippen molar-refractivity contribution in [2.24, 2.45) is 0 Å². The van der Waals surface area contributed by atoms with Gasteiger partial charge in [-0.25, -0.2) is 8.42 Å². The van der Waals surface area contributed by atoms with Gasteiger partial charge in [-0.3, -0.25) is 9.10 Å². The van der Waals surface area contributed by atoms with Crippen LogP contribution in [0.2, 0.25) is 5.02 Å². The van der Waals surface area contributed by atoms with Crippen molar-refractivity contribution in [3.8, 4) is 17.2 Å². The van der Waals surface area contributed by atoms with E-state index in [0.717, 1.165) is 11.1 Å². The summed E-state index contributed by atoms with van der Waals surface area (Å²) in [7, 11) is -2.46. The Bertz CT molecular complexity index is 1360. The summed E-state index contributed by atoms with van der Waals surface area (Å²) in [6.07, 6.45) is -1.04. The number of anilines is 1. The number of nitrogens with zero attached hydrogens (tertiary/aromatic N) is 1. The van der Waals surface area contributed by atoms with E-state index in [1.54, 1.807) is 42.5 Å². The van der Waals surface area contributed by atoms with Crippen LogP contribution in [0.25, 0.3) is 0 Å². The molecule has 0 bridgehead atoms. The van der Waals surface area contributed by atoms with E-state index < -0.39 is 22.0 Å². The molecule has 0 radical (unpaired) electrons. The molecular weight excluding hydrogens is 504 g/mol. The quantitative estimate of drug-likeness (QED) is 0.440. The monoisotopic (exact) mass is 530 g/mol. The molecule has 1 aliphatic heterocycles. The number of carbonyl (C=O) groups is 1. The molecule has 10 heteroatoms. The van der Waals surface area contributed by atoms with Crippen molar-refractivity contribution in [1.29, 1.82) is 0 Å². The van der Waals surface area contributed by atoms with E-state index >= 15 is 0 Å². The molecule has 0 aliphatic carbocycles. The largest absolute Gasteiger partial charge is 0.497 e. The van der Waals surface area contributed by atoms with Crippen molar-refractivity contribution in [1.82, 2.24) is 5.32 Å². The second kappa shape index (κ2) is 10.7. The second-order valence-electron chi connectivity index (χ2n) is 8.34. The van der Waals surface area contributed by atoms with E-state index in [0.29, 0.717) is 28.0 Å². The highest BCUT2D eigenvalue weighted by Gasteiger charge is 2.37. The summed E-state index contributed by atoms with van der Waals surface area (Å²) in [5.41, 5.74) is 2.19. The summed E-state index contributed by atoms with van der Waals surface area (Å²) in [5.74, 6) is 1.01. The molecule has 1 atom stereocenters. The highest BCUT2D eigenvalue weighted by atomic mass is 35.5. The third-order valence-electron chi connectivity index (χ3n) is 5.74. The fourth-order valence-electron chi connectivity index (χ4n) is 3.72. The summed E-state index contributed by atoms with van der Waals surface area (Å²) >= 11 is 6.11. The van der Waals surface area contributed by atoms with Gasteiger partial charge in [-0.2, -0.15) is 0 Å². The van der Waals surface area contributed by atoms with Crippen molar-refractivity contribution in [2.75, 3.05) is 31.1 Å². The van der Waals surface area contributed by atoms with Crippen molar-refractivity contribution < 1.29 is 27.4 Å². The number of methoxy groups -OCH3 is 1. The molecule has 36 heavy (non-hydrogen) atoms. The molecule has 0 spiro atoms. The summed E-state index contributed by atoms with van der Waals surface area (Å²) in [6, 6.07) is 16.7. The third kappa shape index (κ3) is 5.52. The predicted molar refractivity (Wildman–Crippen MR) is 138 cm³/mol. The Morgan fingerprint density at radius 2 is 1.81 bits per heavy atom. The SMILES string of the molecule is COc1ccc(S(=O)(=O)N2C[C@H](C(=O)NCCOc3ccc(C)c(Cl)c3)Oc3cc(C)ccc32)cc1. The number of hydrogen-bond acceptors (Lipinski definition) is 6. The van der Waals surface area contributed by atoms with E-state index in [2.05, 4.69) is 5.32 Å². The van der Waals surface area contributed by atoms with Crippen molar-refractivity contribution in [2.45, 2.75) is 24.8 Å². The van der Waals surface area contributed by atoms with Gasteiger partial charge in [-0.15, -0.1) is 0 Å². The number of benzene rings is 3. The summed E-state index contributed by atoms with van der Waals surface area (Å²) in [6.45, 7) is 4.00. The Kier molecular flexibility index (Phi) is 7.61. The maximum atomic E-state index is 13.5. The molecule has 8 nitrogen and oxygen atoms in total. The maximum absolute atomic E-state index is 13.5. The lowest BCUT2D eigenvalue weighted by atomic mass is 10.1. The molecule has 1 N–H and O–H groups in total. The van der Waals surface area contributed by atoms with Gasteiger partial charge in [-0.1, -0.05) is 23.7 Å². The van der Waals surface area contributed by atoms with Crippen LogP contribution < -0.4 is 23.8 Å². The first-order chi connectivity index (χ1) is 17.2. The van der Waals surface area contributed by atoms with E-state index in [1.165, 1.54) is 23.5 Å². The third-order valence-corrected chi connectivity index (χ3v) is 7.94. The molecule has 3 aromatic rings. The Hall–Kier alpha value is -3.43. The fraction of sp³-hybridized carbons (Fsp3) is 0.269. The zero-order chi connectivity index (χ0) is 25.9. The van der Waals surface area contributed by atoms with Crippen LogP contribution in [-0.2, 0) is 14.8 Å². The lowest BCUT2D eigenvalue weighted by molar-refractivity contribution is -0.127. The van der Waals surface area contributed by atoms with Crippen LogP contribution in [0.15, 0.2) is 65.6 Å². The first-order valence-electron chi connectivity index (χ1n) is 11.3. The Morgan fingerprint density at radius 1 is 1.08 bits per heavy atom. The normalized spacial score (nSPS) is 15.0. The fourth-order valence-corrected chi connectivity index (χ4v) is 5.37. The number of aryl methyl sites for hydroxylation is 2. The number of fused-ring (bicyclic) bond motifs is 1. The number of amides is 1. The minimum absolute atomic E-state index is 0.0843. The van der Waals surface area contributed by atoms with E-state index in [9.17, 15) is 13.2 Å². The number of carbonyl (C=O) groups excluding carboxylic acids is 1. The molecule has 0 saturated carbocycles. The van der Waals surface area contributed by atoms with Gasteiger partial charge in [0.1, 0.15) is 23.9 Å². The molecule has 1 heterocycles. The van der Waals surface area contributed by atoms with Crippen LogP contribution in [-0.4, -0.2) is 47.2 Å². The molecule has 1 aliphatic rings. The van der Waals surface area contributed by atoms with E-state index in [-0.39, 0.29) is 24.6 Å². The molecule has 3 aromatic carbocycles. The second-order valence-corrected chi connectivity index (χ2v) is 10.6. The van der Waals surface area contributed by atoms with Gasteiger partial charge in [-0.05, 0) is 73.5 Å². The highest BCUT2D eigenvalue weighted by molar-refractivity contribution is 7.92. The van der Waals surface area contributed by atoms with E-state index in [1.807, 2.05) is 19.9 Å². The van der Waals surface area contributed by atoms with Gasteiger partial charge in [0.05, 0.1) is 30.8 Å². The minimum atomic E-state index is -3.97. The van der Waals surface area contributed by atoms with Crippen LogP contribution >= 0.6 is 11.6 Å². The average Bonchev–Trinajstić information content (AvgIpc) is 2.87. The van der Waals surface area contributed by atoms with Crippen LogP contribution in [0.5, 0.6) is 17.2 Å². The number of nitrogens with one attached hydrogen (secondary N) is 1. The predicted octanol–water partition coefficient (Wildman–Crippen LogP) is 4.12. The van der Waals surface area contributed by atoms with Crippen molar-refractivity contribution >= 4 is 33.2 Å². The average molecular weight is 531 g/mol. The van der Waals surface area contributed by atoms with Gasteiger partial charge < -0.3 is 19.5 Å². The molecular formula is C26H27ClN2O6S. The molecule has 0 unspecified atom stereocenters. The van der Waals surface area contributed by atoms with Crippen LogP contribution in [0.1, 0.15) is 11.1 Å². The molecule has 0 aromatic heterocycles. The topological polar surface area (TPSA) is 94.2 Å². The molecule has 0 fully saturated rings. The van der Waals surface area contributed by atoms with Gasteiger partial charge in [0.15, 0.2) is 6.10 Å². The summed E-state index contributed by atoms with van der Waals surface area (Å²) in [5, 5.41) is 3.36. The van der Waals surface area contributed by atoms with Crippen molar-refractivity contribution in [3.63, 3.8) is 0 Å². The van der Waals surface area contributed by atoms with Gasteiger partial charge >= 0.3 is 0 Å². The van der Waals surface area contributed by atoms with Crippen LogP contribution in [0, 0.1) is 13.8 Å². The number of halogens is 1. The molecule has 0 saturated heterocycles. The number of hydrogen-bond donors (Lipinski definition) is 1. The molecule has 1 amide bonds. The zero-order valence-corrected chi connectivity index (χ0v) is 21.7. The van der Waals surface area contributed by atoms with Crippen molar-refractivity contribution in [3.05, 3.63) is 76.8 Å². The maximum Gasteiger partial charge on any atom is 0.264 e. The lowest BCUT2D eigenvalue weighted by Gasteiger charge is -2.35. The Balaban J connectivity index is 1.48. The van der Waals surface area contributed by atoms with Gasteiger partial charge in [0.25, 0.3) is 15.9 Å². The standard InChI is InChI=1S/C26H27ClN2O6S/c1-17-4-11-23-24(14-17)35-25(16-29(23)36(31,32)21-9-7-19(33-3)8-10-21)26(30)28-12-13-34-20-6-5-18(2)22(27)15-20/h4-11,14-15,25H,12-13,16H2,1-3H3,(H,28,30)/t25-/m1/s1. The number of sulfonamides is 1. The minimum Gasteiger partial charge on any atom is -0.497 e. The molecule has 190 valence electrons. The summed E-state index contributed by atoms with van der Waals surface area (Å²) < 4.78 is 45.0. The smallest absolute Gasteiger partial charge is 0.264 e. The highest BCUT2D eigenvalue weighted by Crippen LogP contribution is 2.38. The summed E-state index contributed by atoms with van der Waals surface area (Å²) in [4.78, 5) is 13.0. The van der Waals surface area contributed by atoms with Crippen LogP contribution in [0.4, 0.5) is 5.69 Å². The zero-order valence-electron chi connectivity index (χ0n) is 20.2. The Labute approximate surface area is 215 Å². The van der Waals surface area contributed by atoms with Crippen LogP contribution in [0.3, 0.4) is 0 Å². The first kappa shape index (κ1) is 25.7. The van der Waals surface area contributed by atoms with E-state index in [4.69, 9.17) is 25.8 Å².